The van der Waals surface area contributed by atoms with Gasteiger partial charge in [-0.2, -0.15) is 0 Å². The molecule has 0 radical (unpaired) electrons. The zero-order valence-corrected chi connectivity index (χ0v) is 17.3. The predicted molar refractivity (Wildman–Crippen MR) is 115 cm³/mol. The summed E-state index contributed by atoms with van der Waals surface area (Å²) in [5.74, 6) is -1.13. The number of anilines is 1. The molecule has 3 rings (SSSR count). The van der Waals surface area contributed by atoms with Gasteiger partial charge in [-0.05, 0) is 37.1 Å². The highest BCUT2D eigenvalue weighted by Crippen LogP contribution is 2.22. The standard InChI is InChI=1S/C23H25N3O5/c1-2-3-15-31-22(29)18-11-6-7-12-19(18)25-23(30)24-13-8-14-26-20(27)16-9-4-5-10-17(16)21(26)28/h4-7,9-12H,2-3,8,13-15H2,1H3,(H2,24,25,30). The molecule has 1 aliphatic heterocycles. The van der Waals surface area contributed by atoms with Gasteiger partial charge in [0, 0.05) is 13.1 Å². The third kappa shape index (κ3) is 5.28. The first-order chi connectivity index (χ1) is 15.0. The highest BCUT2D eigenvalue weighted by molar-refractivity contribution is 6.21. The van der Waals surface area contributed by atoms with Crippen LogP contribution in [0.3, 0.4) is 0 Å². The van der Waals surface area contributed by atoms with E-state index in [1.54, 1.807) is 48.5 Å². The quantitative estimate of drug-likeness (QED) is 0.365. The number of para-hydroxylation sites is 1. The van der Waals surface area contributed by atoms with Crippen molar-refractivity contribution >= 4 is 29.5 Å². The molecule has 2 aromatic rings. The zero-order chi connectivity index (χ0) is 22.2. The molecule has 0 atom stereocenters. The van der Waals surface area contributed by atoms with Gasteiger partial charge in [-0.3, -0.25) is 14.5 Å². The molecule has 1 aliphatic rings. The van der Waals surface area contributed by atoms with Crippen molar-refractivity contribution < 1.29 is 23.9 Å². The molecule has 0 spiro atoms. The van der Waals surface area contributed by atoms with E-state index >= 15 is 0 Å². The Morgan fingerprint density at radius 2 is 1.58 bits per heavy atom. The number of esters is 1. The molecule has 0 fully saturated rings. The summed E-state index contributed by atoms with van der Waals surface area (Å²) >= 11 is 0. The number of ether oxygens (including phenoxy) is 1. The maximum Gasteiger partial charge on any atom is 0.340 e. The predicted octanol–water partition coefficient (Wildman–Crippen LogP) is 3.45. The lowest BCUT2D eigenvalue weighted by Crippen LogP contribution is -2.35. The Bertz CT molecular complexity index is 954. The minimum absolute atomic E-state index is 0.201. The van der Waals surface area contributed by atoms with Gasteiger partial charge < -0.3 is 15.4 Å². The number of nitrogens with zero attached hydrogens (tertiary/aromatic N) is 1. The molecule has 8 nitrogen and oxygen atoms in total. The van der Waals surface area contributed by atoms with E-state index in [-0.39, 0.29) is 30.5 Å². The summed E-state index contributed by atoms with van der Waals surface area (Å²) in [6.45, 7) is 2.78. The van der Waals surface area contributed by atoms with Crippen LogP contribution in [0.25, 0.3) is 0 Å². The maximum atomic E-state index is 12.3. The lowest BCUT2D eigenvalue weighted by atomic mass is 10.1. The summed E-state index contributed by atoms with van der Waals surface area (Å²) in [5, 5.41) is 5.32. The minimum Gasteiger partial charge on any atom is -0.462 e. The van der Waals surface area contributed by atoms with Crippen molar-refractivity contribution in [3.63, 3.8) is 0 Å². The number of carbonyl (C=O) groups is 4. The molecule has 0 saturated carbocycles. The molecule has 4 amide bonds. The summed E-state index contributed by atoms with van der Waals surface area (Å²) in [6, 6.07) is 12.8. The first kappa shape index (κ1) is 22.0. The normalized spacial score (nSPS) is 12.5. The highest BCUT2D eigenvalue weighted by atomic mass is 16.5. The maximum absolute atomic E-state index is 12.3. The van der Waals surface area contributed by atoms with Gasteiger partial charge in [0.15, 0.2) is 0 Å². The number of hydrogen-bond donors (Lipinski definition) is 2. The third-order valence-electron chi connectivity index (χ3n) is 4.85. The molecule has 1 heterocycles. The average molecular weight is 423 g/mol. The van der Waals surface area contributed by atoms with Crippen LogP contribution in [0.15, 0.2) is 48.5 Å². The van der Waals surface area contributed by atoms with Crippen molar-refractivity contribution in [2.75, 3.05) is 25.0 Å². The first-order valence-electron chi connectivity index (χ1n) is 10.3. The number of rotatable bonds is 9. The number of benzene rings is 2. The molecule has 2 N–H and O–H groups in total. The molecule has 8 heteroatoms. The number of hydrogen-bond acceptors (Lipinski definition) is 5. The Labute approximate surface area is 180 Å². The molecule has 0 aromatic heterocycles. The van der Waals surface area contributed by atoms with E-state index in [1.165, 1.54) is 4.90 Å². The number of nitrogens with one attached hydrogen (secondary N) is 2. The molecular formula is C23H25N3O5. The molecular weight excluding hydrogens is 398 g/mol. The van der Waals surface area contributed by atoms with Crippen molar-refractivity contribution in [1.82, 2.24) is 10.2 Å². The second-order valence-corrected chi connectivity index (χ2v) is 7.08. The van der Waals surface area contributed by atoms with Gasteiger partial charge in [0.25, 0.3) is 11.8 Å². The largest absolute Gasteiger partial charge is 0.462 e. The topological polar surface area (TPSA) is 105 Å². The smallest absolute Gasteiger partial charge is 0.340 e. The van der Waals surface area contributed by atoms with E-state index < -0.39 is 12.0 Å². The lowest BCUT2D eigenvalue weighted by Gasteiger charge is -2.14. The van der Waals surface area contributed by atoms with E-state index in [1.807, 2.05) is 6.92 Å². The van der Waals surface area contributed by atoms with Crippen molar-refractivity contribution in [2.24, 2.45) is 0 Å². The van der Waals surface area contributed by atoms with Gasteiger partial charge in [0.05, 0.1) is 29.0 Å². The SMILES string of the molecule is CCCCOC(=O)c1ccccc1NC(=O)NCCCN1C(=O)c2ccccc2C1=O. The van der Waals surface area contributed by atoms with Crippen molar-refractivity contribution in [1.29, 1.82) is 0 Å². The molecule has 0 unspecified atom stereocenters. The monoisotopic (exact) mass is 423 g/mol. The Morgan fingerprint density at radius 1 is 0.935 bits per heavy atom. The van der Waals surface area contributed by atoms with Crippen LogP contribution < -0.4 is 10.6 Å². The average Bonchev–Trinajstić information content (AvgIpc) is 3.02. The second kappa shape index (κ2) is 10.4. The summed E-state index contributed by atoms with van der Waals surface area (Å²) < 4.78 is 5.21. The molecule has 0 bridgehead atoms. The fourth-order valence-corrected chi connectivity index (χ4v) is 3.20. The van der Waals surface area contributed by atoms with Gasteiger partial charge in [0.1, 0.15) is 0 Å². The first-order valence-corrected chi connectivity index (χ1v) is 10.3. The number of imide groups is 1. The van der Waals surface area contributed by atoms with Gasteiger partial charge in [-0.25, -0.2) is 9.59 Å². The Hall–Kier alpha value is -3.68. The van der Waals surface area contributed by atoms with Crippen molar-refractivity contribution in [2.45, 2.75) is 26.2 Å². The van der Waals surface area contributed by atoms with E-state index in [0.717, 1.165) is 12.8 Å². The summed E-state index contributed by atoms with van der Waals surface area (Å²) in [5.41, 5.74) is 1.43. The minimum atomic E-state index is -0.491. The van der Waals surface area contributed by atoms with Crippen LogP contribution in [0.4, 0.5) is 10.5 Å². The molecule has 0 aliphatic carbocycles. The second-order valence-electron chi connectivity index (χ2n) is 7.08. The van der Waals surface area contributed by atoms with Gasteiger partial charge >= 0.3 is 12.0 Å². The Kier molecular flexibility index (Phi) is 7.37. The van der Waals surface area contributed by atoms with Gasteiger partial charge in [-0.1, -0.05) is 37.6 Å². The van der Waals surface area contributed by atoms with Crippen LogP contribution in [0.1, 0.15) is 57.3 Å². The Morgan fingerprint density at radius 3 is 2.26 bits per heavy atom. The van der Waals surface area contributed by atoms with Crippen LogP contribution in [0.5, 0.6) is 0 Å². The van der Waals surface area contributed by atoms with Crippen LogP contribution >= 0.6 is 0 Å². The molecule has 31 heavy (non-hydrogen) atoms. The van der Waals surface area contributed by atoms with Gasteiger partial charge in [0.2, 0.25) is 0 Å². The van der Waals surface area contributed by atoms with E-state index in [2.05, 4.69) is 10.6 Å². The van der Waals surface area contributed by atoms with Gasteiger partial charge in [-0.15, -0.1) is 0 Å². The number of unbranched alkanes of at least 4 members (excludes halogenated alkanes) is 1. The van der Waals surface area contributed by atoms with Crippen LogP contribution in [-0.2, 0) is 4.74 Å². The van der Waals surface area contributed by atoms with E-state index in [9.17, 15) is 19.2 Å². The van der Waals surface area contributed by atoms with Crippen LogP contribution in [-0.4, -0.2) is 48.4 Å². The summed E-state index contributed by atoms with van der Waals surface area (Å²) in [4.78, 5) is 50.3. The van der Waals surface area contributed by atoms with Crippen molar-refractivity contribution in [3.05, 3.63) is 65.2 Å². The number of urea groups is 1. The molecule has 0 saturated heterocycles. The lowest BCUT2D eigenvalue weighted by molar-refractivity contribution is 0.0500. The molecule has 162 valence electrons. The van der Waals surface area contributed by atoms with Crippen molar-refractivity contribution in [3.8, 4) is 0 Å². The fraction of sp³-hybridized carbons (Fsp3) is 0.304. The molecule has 2 aromatic carbocycles. The highest BCUT2D eigenvalue weighted by Gasteiger charge is 2.34. The Balaban J connectivity index is 1.47. The van der Waals surface area contributed by atoms with E-state index in [4.69, 9.17) is 4.74 Å². The number of fused-ring (bicyclic) bond motifs is 1. The van der Waals surface area contributed by atoms with Crippen LogP contribution in [0.2, 0.25) is 0 Å². The number of amides is 4. The zero-order valence-electron chi connectivity index (χ0n) is 17.3. The summed E-state index contributed by atoms with van der Waals surface area (Å²) in [7, 11) is 0. The number of carbonyl (C=O) groups excluding carboxylic acids is 4. The van der Waals surface area contributed by atoms with E-state index in [0.29, 0.717) is 29.8 Å². The third-order valence-corrected chi connectivity index (χ3v) is 4.85. The summed E-state index contributed by atoms with van der Waals surface area (Å²) in [6.07, 6.45) is 2.09. The van der Waals surface area contributed by atoms with Crippen LogP contribution in [0, 0.1) is 0 Å². The fourth-order valence-electron chi connectivity index (χ4n) is 3.20.